The predicted molar refractivity (Wildman–Crippen MR) is 121 cm³/mol. The van der Waals surface area contributed by atoms with Crippen molar-refractivity contribution < 1.29 is 4.79 Å². The molecule has 150 valence electrons. The van der Waals surface area contributed by atoms with Crippen LogP contribution in [0, 0.1) is 0 Å². The summed E-state index contributed by atoms with van der Waals surface area (Å²) < 4.78 is 1.31. The summed E-state index contributed by atoms with van der Waals surface area (Å²) in [6, 6.07) is 16.7. The van der Waals surface area contributed by atoms with Crippen LogP contribution in [0.25, 0.3) is 21.3 Å². The number of aromatic nitrogens is 2. The van der Waals surface area contributed by atoms with Gasteiger partial charge in [-0.2, -0.15) is 5.10 Å². The van der Waals surface area contributed by atoms with Gasteiger partial charge >= 0.3 is 0 Å². The molecular formula is C24H21N3O2S. The summed E-state index contributed by atoms with van der Waals surface area (Å²) in [6.07, 6.45) is 3.30. The van der Waals surface area contributed by atoms with Crippen molar-refractivity contribution in [2.45, 2.75) is 32.2 Å². The van der Waals surface area contributed by atoms with Crippen molar-refractivity contribution in [2.75, 3.05) is 5.32 Å². The molecule has 0 saturated heterocycles. The Morgan fingerprint density at radius 2 is 1.87 bits per heavy atom. The fourth-order valence-electron chi connectivity index (χ4n) is 4.07. The topological polar surface area (TPSA) is 64.0 Å². The van der Waals surface area contributed by atoms with Gasteiger partial charge in [0.15, 0.2) is 0 Å². The van der Waals surface area contributed by atoms with E-state index >= 15 is 0 Å². The molecule has 4 aromatic rings. The molecule has 0 bridgehead atoms. The van der Waals surface area contributed by atoms with Crippen LogP contribution in [0.4, 0.5) is 5.69 Å². The maximum absolute atomic E-state index is 13.1. The zero-order chi connectivity index (χ0) is 20.7. The Labute approximate surface area is 178 Å². The van der Waals surface area contributed by atoms with Crippen molar-refractivity contribution in [2.24, 2.45) is 0 Å². The number of nitrogens with zero attached hydrogens (tertiary/aromatic N) is 2. The fourth-order valence-corrected chi connectivity index (χ4v) is 4.79. The third kappa shape index (κ3) is 3.23. The van der Waals surface area contributed by atoms with Gasteiger partial charge in [-0.15, -0.1) is 11.3 Å². The molecule has 6 heteroatoms. The highest BCUT2D eigenvalue weighted by Gasteiger charge is 2.22. The van der Waals surface area contributed by atoms with Crippen LogP contribution in [0.5, 0.6) is 0 Å². The van der Waals surface area contributed by atoms with E-state index in [2.05, 4.69) is 16.5 Å². The largest absolute Gasteiger partial charge is 0.324 e. The fraction of sp³-hybridized carbons (Fsp3) is 0.208. The first-order chi connectivity index (χ1) is 14.6. The number of anilines is 1. The number of rotatable bonds is 4. The minimum Gasteiger partial charge on any atom is -0.324 e. The zero-order valence-electron chi connectivity index (χ0n) is 16.6. The molecule has 0 saturated carbocycles. The molecular weight excluding hydrogens is 394 g/mol. The van der Waals surface area contributed by atoms with E-state index in [1.165, 1.54) is 15.8 Å². The molecule has 0 radical (unpaired) electrons. The lowest BCUT2D eigenvalue weighted by atomic mass is 10.1. The van der Waals surface area contributed by atoms with Crippen LogP contribution in [0.1, 0.15) is 30.5 Å². The Morgan fingerprint density at radius 3 is 2.67 bits per heavy atom. The third-order valence-corrected chi connectivity index (χ3v) is 6.57. The highest BCUT2D eigenvalue weighted by molar-refractivity contribution is 7.13. The van der Waals surface area contributed by atoms with E-state index in [9.17, 15) is 9.59 Å². The molecule has 1 aliphatic carbocycles. The molecule has 2 heterocycles. The highest BCUT2D eigenvalue weighted by Crippen LogP contribution is 2.29. The second-order valence-corrected chi connectivity index (χ2v) is 8.57. The van der Waals surface area contributed by atoms with Gasteiger partial charge in [0.2, 0.25) is 5.91 Å². The maximum Gasteiger partial charge on any atom is 0.275 e. The Kier molecular flexibility index (Phi) is 4.71. The van der Waals surface area contributed by atoms with Crippen molar-refractivity contribution in [1.29, 1.82) is 0 Å². The van der Waals surface area contributed by atoms with Gasteiger partial charge in [-0.05, 0) is 67.0 Å². The van der Waals surface area contributed by atoms with Crippen molar-refractivity contribution in [3.05, 3.63) is 81.5 Å². The Hall–Kier alpha value is -3.25. The zero-order valence-corrected chi connectivity index (χ0v) is 17.4. The molecule has 1 amide bonds. The Balaban J connectivity index is 1.53. The van der Waals surface area contributed by atoms with Gasteiger partial charge in [-0.1, -0.05) is 30.3 Å². The lowest BCUT2D eigenvalue weighted by molar-refractivity contribution is -0.119. The summed E-state index contributed by atoms with van der Waals surface area (Å²) in [4.78, 5) is 27.1. The average Bonchev–Trinajstić information content (AvgIpc) is 3.45. The van der Waals surface area contributed by atoms with Gasteiger partial charge in [0.25, 0.3) is 5.56 Å². The first kappa shape index (κ1) is 18.8. The number of benzene rings is 2. The number of nitrogens with one attached hydrogen (secondary N) is 1. The first-order valence-electron chi connectivity index (χ1n) is 10.1. The molecule has 1 aliphatic rings. The maximum atomic E-state index is 13.1. The summed E-state index contributed by atoms with van der Waals surface area (Å²) in [5, 5.41) is 10.9. The van der Waals surface area contributed by atoms with Crippen molar-refractivity contribution in [3.63, 3.8) is 0 Å². The predicted octanol–water partition coefficient (Wildman–Crippen LogP) is 4.81. The Morgan fingerprint density at radius 1 is 1.07 bits per heavy atom. The van der Waals surface area contributed by atoms with E-state index in [1.54, 1.807) is 24.3 Å². The lowest BCUT2D eigenvalue weighted by Crippen LogP contribution is -2.33. The van der Waals surface area contributed by atoms with Crippen LogP contribution in [-0.2, 0) is 17.6 Å². The normalized spacial score (nSPS) is 13.9. The number of hydrogen-bond donors (Lipinski definition) is 1. The van der Waals surface area contributed by atoms with Gasteiger partial charge < -0.3 is 5.32 Å². The summed E-state index contributed by atoms with van der Waals surface area (Å²) in [5.41, 5.74) is 3.87. The quantitative estimate of drug-likeness (QED) is 0.520. The van der Waals surface area contributed by atoms with E-state index in [-0.39, 0.29) is 11.5 Å². The van der Waals surface area contributed by atoms with Crippen molar-refractivity contribution in [3.8, 4) is 10.6 Å². The van der Waals surface area contributed by atoms with Gasteiger partial charge in [-0.3, -0.25) is 9.59 Å². The number of carbonyl (C=O) groups is 1. The summed E-state index contributed by atoms with van der Waals surface area (Å²) >= 11 is 1.56. The number of thiophene rings is 1. The Bertz CT molecular complexity index is 1310. The van der Waals surface area contributed by atoms with Crippen LogP contribution in [0.15, 0.2) is 64.8 Å². The van der Waals surface area contributed by atoms with Crippen LogP contribution in [0.2, 0.25) is 0 Å². The third-order valence-electron chi connectivity index (χ3n) is 5.70. The van der Waals surface area contributed by atoms with Crippen LogP contribution in [0.3, 0.4) is 0 Å². The molecule has 30 heavy (non-hydrogen) atoms. The number of carbonyl (C=O) groups excluding carboxylic acids is 1. The molecule has 0 spiro atoms. The molecule has 2 aromatic heterocycles. The average molecular weight is 416 g/mol. The van der Waals surface area contributed by atoms with E-state index in [4.69, 9.17) is 0 Å². The first-order valence-corrected chi connectivity index (χ1v) is 11.0. The van der Waals surface area contributed by atoms with Gasteiger partial charge in [0.05, 0.1) is 10.3 Å². The number of aryl methyl sites for hydroxylation is 2. The second-order valence-electron chi connectivity index (χ2n) is 7.62. The molecule has 5 rings (SSSR count). The lowest BCUT2D eigenvalue weighted by Gasteiger charge is -2.17. The number of hydrogen-bond acceptors (Lipinski definition) is 4. The highest BCUT2D eigenvalue weighted by atomic mass is 32.1. The standard InChI is InChI=1S/C24H21N3O2S/c1-15(23(28)25-18-12-11-16-6-4-7-17(16)14-18)27-24(29)20-9-3-2-8-19(20)22(26-27)21-10-5-13-30-21/h2-3,5,8-15H,4,6-7H2,1H3,(H,25,28)/t15-/m1/s1. The van der Waals surface area contributed by atoms with Gasteiger partial charge in [0.1, 0.15) is 11.7 Å². The van der Waals surface area contributed by atoms with Crippen molar-refractivity contribution in [1.82, 2.24) is 9.78 Å². The van der Waals surface area contributed by atoms with Gasteiger partial charge in [-0.25, -0.2) is 4.68 Å². The minimum absolute atomic E-state index is 0.255. The number of amides is 1. The molecule has 1 atom stereocenters. The molecule has 0 aliphatic heterocycles. The smallest absolute Gasteiger partial charge is 0.275 e. The van der Waals surface area contributed by atoms with Crippen LogP contribution in [-0.4, -0.2) is 15.7 Å². The van der Waals surface area contributed by atoms with Gasteiger partial charge in [0, 0.05) is 11.1 Å². The molecule has 5 nitrogen and oxygen atoms in total. The second kappa shape index (κ2) is 7.54. The summed E-state index contributed by atoms with van der Waals surface area (Å²) in [6.45, 7) is 1.71. The van der Waals surface area contributed by atoms with Crippen LogP contribution < -0.4 is 10.9 Å². The molecule has 1 N–H and O–H groups in total. The van der Waals surface area contributed by atoms with E-state index in [1.807, 2.05) is 47.8 Å². The monoisotopic (exact) mass is 415 g/mol. The summed E-state index contributed by atoms with van der Waals surface area (Å²) in [5.74, 6) is -0.255. The molecule has 2 aromatic carbocycles. The van der Waals surface area contributed by atoms with E-state index < -0.39 is 6.04 Å². The van der Waals surface area contributed by atoms with E-state index in [0.717, 1.165) is 40.9 Å². The summed E-state index contributed by atoms with van der Waals surface area (Å²) in [7, 11) is 0. The number of fused-ring (bicyclic) bond motifs is 2. The van der Waals surface area contributed by atoms with Crippen LogP contribution >= 0.6 is 11.3 Å². The molecule has 0 unspecified atom stereocenters. The molecule has 0 fully saturated rings. The van der Waals surface area contributed by atoms with E-state index in [0.29, 0.717) is 5.39 Å². The minimum atomic E-state index is -0.742. The SMILES string of the molecule is C[C@H](C(=O)Nc1ccc2c(c1)CCC2)n1nc(-c2cccs2)c2ccccc2c1=O. The van der Waals surface area contributed by atoms with Crippen molar-refractivity contribution >= 4 is 33.7 Å².